The van der Waals surface area contributed by atoms with E-state index >= 15 is 0 Å². The molecule has 3 heteroatoms. The number of carbonyl (C=O) groups is 1. The molecule has 2 unspecified atom stereocenters. The molecule has 0 aromatic carbocycles. The number of amides is 1. The molecule has 3 nitrogen and oxygen atoms in total. The highest BCUT2D eigenvalue weighted by Gasteiger charge is 2.30. The molecule has 2 aliphatic carbocycles. The maximum absolute atomic E-state index is 12.3. The molecule has 1 fully saturated rings. The maximum atomic E-state index is 12.3. The van der Waals surface area contributed by atoms with Gasteiger partial charge in [-0.2, -0.15) is 0 Å². The summed E-state index contributed by atoms with van der Waals surface area (Å²) in [4.78, 5) is 14.3. The van der Waals surface area contributed by atoms with E-state index in [9.17, 15) is 4.79 Å². The van der Waals surface area contributed by atoms with E-state index in [4.69, 9.17) is 5.73 Å². The predicted molar refractivity (Wildman–Crippen MR) is 64.8 cm³/mol. The van der Waals surface area contributed by atoms with Crippen LogP contribution in [0.4, 0.5) is 0 Å². The summed E-state index contributed by atoms with van der Waals surface area (Å²) in [5, 5.41) is 0. The molecule has 2 atom stereocenters. The topological polar surface area (TPSA) is 46.3 Å². The number of nitrogens with zero attached hydrogens (tertiary/aromatic N) is 1. The fraction of sp³-hybridized carbons (Fsp3) is 0.769. The van der Waals surface area contributed by atoms with Gasteiger partial charge in [-0.25, -0.2) is 0 Å². The summed E-state index contributed by atoms with van der Waals surface area (Å²) in [6, 6.07) is 0.0818. The lowest BCUT2D eigenvalue weighted by atomic mass is 10.1. The van der Waals surface area contributed by atoms with E-state index in [1.807, 2.05) is 17.1 Å². The monoisotopic (exact) mass is 222 g/mol. The molecule has 2 aliphatic rings. The summed E-state index contributed by atoms with van der Waals surface area (Å²) in [5.74, 6) is 1.10. The average molecular weight is 222 g/mol. The van der Waals surface area contributed by atoms with E-state index in [1.54, 1.807) is 0 Å². The second kappa shape index (κ2) is 5.00. The van der Waals surface area contributed by atoms with Crippen LogP contribution in [-0.4, -0.2) is 29.9 Å². The zero-order chi connectivity index (χ0) is 11.5. The van der Waals surface area contributed by atoms with Gasteiger partial charge in [0, 0.05) is 19.1 Å². The van der Waals surface area contributed by atoms with Gasteiger partial charge in [-0.15, -0.1) is 0 Å². The van der Waals surface area contributed by atoms with Gasteiger partial charge in [0.1, 0.15) is 0 Å². The van der Waals surface area contributed by atoms with Crippen LogP contribution in [0.2, 0.25) is 0 Å². The van der Waals surface area contributed by atoms with Gasteiger partial charge in [0.15, 0.2) is 0 Å². The minimum Gasteiger partial charge on any atom is -0.342 e. The van der Waals surface area contributed by atoms with Crippen LogP contribution in [0, 0.1) is 11.8 Å². The van der Waals surface area contributed by atoms with Crippen molar-refractivity contribution in [1.29, 1.82) is 0 Å². The fourth-order valence-electron chi connectivity index (χ4n) is 2.32. The lowest BCUT2D eigenvalue weighted by molar-refractivity contribution is -0.134. The quantitative estimate of drug-likeness (QED) is 0.717. The van der Waals surface area contributed by atoms with E-state index in [0.29, 0.717) is 0 Å². The number of hydrogen-bond acceptors (Lipinski definition) is 2. The highest BCUT2D eigenvalue weighted by Crippen LogP contribution is 2.31. The lowest BCUT2D eigenvalue weighted by Gasteiger charge is -2.25. The van der Waals surface area contributed by atoms with Crippen molar-refractivity contribution in [2.75, 3.05) is 13.1 Å². The molecule has 1 saturated carbocycles. The second-order valence-corrected chi connectivity index (χ2v) is 5.12. The number of nitrogens with two attached hydrogens (primary N) is 1. The van der Waals surface area contributed by atoms with E-state index in [0.717, 1.165) is 31.8 Å². The van der Waals surface area contributed by atoms with Gasteiger partial charge in [-0.05, 0) is 31.6 Å². The molecule has 0 saturated heterocycles. The molecule has 0 heterocycles. The Bertz CT molecular complexity index is 284. The normalized spacial score (nSPS) is 28.4. The van der Waals surface area contributed by atoms with Crippen LogP contribution in [0.3, 0.4) is 0 Å². The van der Waals surface area contributed by atoms with Crippen LogP contribution in [-0.2, 0) is 4.79 Å². The van der Waals surface area contributed by atoms with Gasteiger partial charge in [0.25, 0.3) is 0 Å². The zero-order valence-electron chi connectivity index (χ0n) is 10.1. The zero-order valence-corrected chi connectivity index (χ0v) is 10.1. The Morgan fingerprint density at radius 2 is 2.19 bits per heavy atom. The molecule has 90 valence electrons. The Balaban J connectivity index is 1.90. The molecular weight excluding hydrogens is 200 g/mol. The smallest absolute Gasteiger partial charge is 0.229 e. The summed E-state index contributed by atoms with van der Waals surface area (Å²) < 4.78 is 0. The third-order valence-electron chi connectivity index (χ3n) is 3.41. The minimum absolute atomic E-state index is 0.0419. The number of rotatable bonds is 5. The summed E-state index contributed by atoms with van der Waals surface area (Å²) in [6.45, 7) is 3.99. The van der Waals surface area contributed by atoms with Crippen molar-refractivity contribution < 1.29 is 4.79 Å². The molecule has 0 spiro atoms. The van der Waals surface area contributed by atoms with Crippen LogP contribution in [0.5, 0.6) is 0 Å². The Kier molecular flexibility index (Phi) is 3.64. The molecule has 2 N–H and O–H groups in total. The van der Waals surface area contributed by atoms with Crippen molar-refractivity contribution in [3.05, 3.63) is 12.2 Å². The van der Waals surface area contributed by atoms with Gasteiger partial charge in [-0.3, -0.25) is 4.79 Å². The van der Waals surface area contributed by atoms with Crippen molar-refractivity contribution in [3.63, 3.8) is 0 Å². The van der Waals surface area contributed by atoms with Gasteiger partial charge in [0.2, 0.25) is 5.91 Å². The molecular formula is C13H22N2O. The first-order valence-corrected chi connectivity index (χ1v) is 6.43. The molecule has 0 radical (unpaired) electrons. The largest absolute Gasteiger partial charge is 0.342 e. The third-order valence-corrected chi connectivity index (χ3v) is 3.41. The Labute approximate surface area is 97.7 Å². The van der Waals surface area contributed by atoms with Crippen LogP contribution in [0.1, 0.15) is 32.6 Å². The Hall–Kier alpha value is -0.830. The van der Waals surface area contributed by atoms with Gasteiger partial charge >= 0.3 is 0 Å². The van der Waals surface area contributed by atoms with E-state index < -0.39 is 0 Å². The van der Waals surface area contributed by atoms with Gasteiger partial charge < -0.3 is 10.6 Å². The summed E-state index contributed by atoms with van der Waals surface area (Å²) in [6.07, 6.45) is 8.39. The maximum Gasteiger partial charge on any atom is 0.229 e. The predicted octanol–water partition coefficient (Wildman–Crippen LogP) is 1.54. The van der Waals surface area contributed by atoms with Crippen LogP contribution in [0.25, 0.3) is 0 Å². The van der Waals surface area contributed by atoms with E-state index in [2.05, 4.69) is 6.92 Å². The van der Waals surface area contributed by atoms with Crippen molar-refractivity contribution in [2.24, 2.45) is 17.6 Å². The molecule has 0 aromatic heterocycles. The summed E-state index contributed by atoms with van der Waals surface area (Å²) in [7, 11) is 0. The van der Waals surface area contributed by atoms with Crippen molar-refractivity contribution in [2.45, 2.75) is 38.6 Å². The highest BCUT2D eigenvalue weighted by molar-refractivity contribution is 5.81. The first-order chi connectivity index (χ1) is 7.70. The third kappa shape index (κ3) is 2.85. The van der Waals surface area contributed by atoms with E-state index in [-0.39, 0.29) is 17.9 Å². The van der Waals surface area contributed by atoms with Gasteiger partial charge in [-0.1, -0.05) is 19.1 Å². The molecule has 1 amide bonds. The molecule has 0 aromatic rings. The molecule has 16 heavy (non-hydrogen) atoms. The number of carbonyl (C=O) groups excluding carboxylic acids is 1. The average Bonchev–Trinajstić information content (AvgIpc) is 2.97. The second-order valence-electron chi connectivity index (χ2n) is 5.12. The first kappa shape index (κ1) is 11.6. The van der Waals surface area contributed by atoms with E-state index in [1.165, 1.54) is 12.8 Å². The fourth-order valence-corrected chi connectivity index (χ4v) is 2.32. The minimum atomic E-state index is 0.0419. The van der Waals surface area contributed by atoms with Crippen LogP contribution < -0.4 is 5.73 Å². The Morgan fingerprint density at radius 1 is 1.44 bits per heavy atom. The SMILES string of the molecule is CCCN(CC1CC1)C(=O)C1C=CC(N)C1. The standard InChI is InChI=1S/C13H22N2O/c1-2-7-15(9-10-3-4-10)13(16)11-5-6-12(14)8-11/h5-6,10-12H,2-4,7-9,14H2,1H3. The molecule has 0 bridgehead atoms. The van der Waals surface area contributed by atoms with Crippen molar-refractivity contribution in [3.8, 4) is 0 Å². The number of hydrogen-bond donors (Lipinski definition) is 1. The molecule has 2 rings (SSSR count). The first-order valence-electron chi connectivity index (χ1n) is 6.43. The summed E-state index contributed by atoms with van der Waals surface area (Å²) >= 11 is 0. The molecule has 0 aliphatic heterocycles. The van der Waals surface area contributed by atoms with Crippen molar-refractivity contribution in [1.82, 2.24) is 4.90 Å². The lowest BCUT2D eigenvalue weighted by Crippen LogP contribution is -2.38. The van der Waals surface area contributed by atoms with Crippen LogP contribution in [0.15, 0.2) is 12.2 Å². The highest BCUT2D eigenvalue weighted by atomic mass is 16.2. The summed E-state index contributed by atoms with van der Waals surface area (Å²) in [5.41, 5.74) is 5.79. The van der Waals surface area contributed by atoms with Crippen molar-refractivity contribution >= 4 is 5.91 Å². The van der Waals surface area contributed by atoms with Gasteiger partial charge in [0.05, 0.1) is 5.92 Å². The Morgan fingerprint density at radius 3 is 2.69 bits per heavy atom. The van der Waals surface area contributed by atoms with Crippen LogP contribution >= 0.6 is 0 Å².